The van der Waals surface area contributed by atoms with Gasteiger partial charge in [-0.1, -0.05) is 11.6 Å². The van der Waals surface area contributed by atoms with E-state index in [4.69, 9.17) is 22.1 Å². The minimum Gasteiger partial charge on any atom is -0.496 e. The van der Waals surface area contributed by atoms with Crippen molar-refractivity contribution >= 4 is 11.6 Å². The van der Waals surface area contributed by atoms with Gasteiger partial charge in [-0.3, -0.25) is 0 Å². The molecule has 0 saturated heterocycles. The predicted molar refractivity (Wildman–Crippen MR) is 71.9 cm³/mol. The van der Waals surface area contributed by atoms with E-state index < -0.39 is 0 Å². The van der Waals surface area contributed by atoms with E-state index in [1.807, 2.05) is 20.8 Å². The van der Waals surface area contributed by atoms with Crippen LogP contribution in [0.5, 0.6) is 5.75 Å². The van der Waals surface area contributed by atoms with Crippen molar-refractivity contribution in [1.29, 1.82) is 0 Å². The molecule has 2 rings (SSSR count). The minimum absolute atomic E-state index is 0.239. The Kier molecular flexibility index (Phi) is 3.13. The van der Waals surface area contributed by atoms with Gasteiger partial charge >= 0.3 is 0 Å². The lowest BCUT2D eigenvalue weighted by molar-refractivity contribution is 0.242. The van der Waals surface area contributed by atoms with Gasteiger partial charge in [0.1, 0.15) is 5.75 Å². The highest BCUT2D eigenvalue weighted by molar-refractivity contribution is 6.32. The summed E-state index contributed by atoms with van der Waals surface area (Å²) in [7, 11) is 1.71. The number of nitrogens with two attached hydrogens (primary N) is 1. The Hall–Kier alpha value is -0.730. The smallest absolute Gasteiger partial charge is 0.127 e. The average Bonchev–Trinajstić information content (AvgIpc) is 2.28. The van der Waals surface area contributed by atoms with Crippen LogP contribution in [-0.2, 0) is 5.54 Å². The topological polar surface area (TPSA) is 35.2 Å². The molecule has 3 heteroatoms. The molecule has 0 heterocycles. The molecule has 1 aromatic rings. The van der Waals surface area contributed by atoms with E-state index in [1.54, 1.807) is 7.11 Å². The van der Waals surface area contributed by atoms with Crippen molar-refractivity contribution in [3.05, 3.63) is 27.3 Å². The number of rotatable bonds is 2. The Bertz CT molecular complexity index is 464. The molecule has 94 valence electrons. The molecule has 0 unspecified atom stereocenters. The fraction of sp³-hybridized carbons (Fsp3) is 0.571. The highest BCUT2D eigenvalue weighted by Gasteiger charge is 2.39. The highest BCUT2D eigenvalue weighted by atomic mass is 35.5. The number of halogens is 1. The summed E-state index contributed by atoms with van der Waals surface area (Å²) in [4.78, 5) is 0. The lowest BCUT2D eigenvalue weighted by Gasteiger charge is -2.41. The van der Waals surface area contributed by atoms with Gasteiger partial charge in [0.2, 0.25) is 0 Å². The van der Waals surface area contributed by atoms with Crippen LogP contribution in [0.1, 0.15) is 41.5 Å². The van der Waals surface area contributed by atoms with Crippen LogP contribution in [0.25, 0.3) is 0 Å². The van der Waals surface area contributed by atoms with Crippen LogP contribution in [0.15, 0.2) is 0 Å². The number of hydrogen-bond acceptors (Lipinski definition) is 2. The molecule has 1 aliphatic rings. The first-order valence-corrected chi connectivity index (χ1v) is 6.43. The second-order valence-electron chi connectivity index (χ2n) is 5.11. The summed E-state index contributed by atoms with van der Waals surface area (Å²) in [5.41, 5.74) is 10.6. The van der Waals surface area contributed by atoms with Crippen LogP contribution in [0.4, 0.5) is 0 Å². The summed E-state index contributed by atoms with van der Waals surface area (Å²) in [5, 5.41) is 0.829. The number of hydrogen-bond donors (Lipinski definition) is 1. The zero-order valence-electron chi connectivity index (χ0n) is 11.0. The molecule has 1 aliphatic carbocycles. The summed E-state index contributed by atoms with van der Waals surface area (Å²) >= 11 is 6.39. The maximum Gasteiger partial charge on any atom is 0.127 e. The third kappa shape index (κ3) is 1.74. The van der Waals surface area contributed by atoms with Crippen LogP contribution < -0.4 is 10.5 Å². The maximum atomic E-state index is 6.45. The van der Waals surface area contributed by atoms with Gasteiger partial charge in [-0.15, -0.1) is 0 Å². The standard InChI is InChI=1S/C14H20ClNO/c1-8-9(2)13(17-4)11(10(3)12(8)15)14(16)6-5-7-14/h5-7,16H2,1-4H3. The summed E-state index contributed by atoms with van der Waals surface area (Å²) in [6.07, 6.45) is 3.22. The highest BCUT2D eigenvalue weighted by Crippen LogP contribution is 2.48. The Labute approximate surface area is 108 Å². The van der Waals surface area contributed by atoms with E-state index in [1.165, 1.54) is 6.42 Å². The molecule has 1 fully saturated rings. The van der Waals surface area contributed by atoms with E-state index in [9.17, 15) is 0 Å². The van der Waals surface area contributed by atoms with Crippen molar-refractivity contribution in [3.63, 3.8) is 0 Å². The van der Waals surface area contributed by atoms with Crippen molar-refractivity contribution < 1.29 is 4.74 Å². The fourth-order valence-corrected chi connectivity index (χ4v) is 2.98. The van der Waals surface area contributed by atoms with Crippen LogP contribution in [0.2, 0.25) is 5.02 Å². The van der Waals surface area contributed by atoms with Crippen LogP contribution in [0, 0.1) is 20.8 Å². The Morgan fingerprint density at radius 1 is 1.12 bits per heavy atom. The molecule has 2 N–H and O–H groups in total. The normalized spacial score (nSPS) is 17.8. The van der Waals surface area contributed by atoms with Gasteiger partial charge < -0.3 is 10.5 Å². The van der Waals surface area contributed by atoms with Gasteiger partial charge in [0, 0.05) is 16.1 Å². The summed E-state index contributed by atoms with van der Waals surface area (Å²) in [5.74, 6) is 0.923. The van der Waals surface area contributed by atoms with Crippen molar-refractivity contribution in [2.24, 2.45) is 5.73 Å². The summed E-state index contributed by atoms with van der Waals surface area (Å²) < 4.78 is 5.58. The molecular formula is C14H20ClNO. The molecule has 1 saturated carbocycles. The van der Waals surface area contributed by atoms with E-state index in [2.05, 4.69) is 0 Å². The van der Waals surface area contributed by atoms with Gasteiger partial charge in [0.25, 0.3) is 0 Å². The van der Waals surface area contributed by atoms with Crippen LogP contribution in [-0.4, -0.2) is 7.11 Å². The Balaban J connectivity index is 2.72. The quantitative estimate of drug-likeness (QED) is 0.874. The molecular weight excluding hydrogens is 234 g/mol. The third-order valence-corrected chi connectivity index (χ3v) is 4.68. The molecule has 0 bridgehead atoms. The zero-order chi connectivity index (χ0) is 12.8. The molecule has 0 radical (unpaired) electrons. The molecule has 1 aromatic carbocycles. The largest absolute Gasteiger partial charge is 0.496 e. The van der Waals surface area contributed by atoms with E-state index in [0.717, 1.165) is 45.9 Å². The number of benzene rings is 1. The average molecular weight is 254 g/mol. The molecule has 2 nitrogen and oxygen atoms in total. The van der Waals surface area contributed by atoms with Gasteiger partial charge in [-0.25, -0.2) is 0 Å². The first kappa shape index (κ1) is 12.7. The molecule has 0 atom stereocenters. The van der Waals surface area contributed by atoms with Gasteiger partial charge in [-0.2, -0.15) is 0 Å². The van der Waals surface area contributed by atoms with E-state index in [0.29, 0.717) is 0 Å². The third-order valence-electron chi connectivity index (χ3n) is 4.11. The maximum absolute atomic E-state index is 6.45. The van der Waals surface area contributed by atoms with E-state index in [-0.39, 0.29) is 5.54 Å². The second kappa shape index (κ2) is 4.18. The van der Waals surface area contributed by atoms with Crippen molar-refractivity contribution in [1.82, 2.24) is 0 Å². The molecule has 0 amide bonds. The second-order valence-corrected chi connectivity index (χ2v) is 5.48. The van der Waals surface area contributed by atoms with Crippen molar-refractivity contribution in [2.45, 2.75) is 45.6 Å². The zero-order valence-corrected chi connectivity index (χ0v) is 11.7. The Morgan fingerprint density at radius 3 is 2.12 bits per heavy atom. The molecule has 0 spiro atoms. The van der Waals surface area contributed by atoms with Gasteiger partial charge in [0.15, 0.2) is 0 Å². The molecule has 0 aromatic heterocycles. The van der Waals surface area contributed by atoms with Crippen LogP contribution in [0.3, 0.4) is 0 Å². The first-order chi connectivity index (χ1) is 7.92. The van der Waals surface area contributed by atoms with Gasteiger partial charge in [-0.05, 0) is 56.7 Å². The summed E-state index contributed by atoms with van der Waals surface area (Å²) in [6, 6.07) is 0. The van der Waals surface area contributed by atoms with E-state index >= 15 is 0 Å². The molecule has 17 heavy (non-hydrogen) atoms. The van der Waals surface area contributed by atoms with Gasteiger partial charge in [0.05, 0.1) is 7.11 Å². The predicted octanol–water partition coefficient (Wildman–Crippen LogP) is 3.61. The SMILES string of the molecule is COc1c(C)c(C)c(Cl)c(C)c1C1(N)CCC1. The minimum atomic E-state index is -0.239. The lowest BCUT2D eigenvalue weighted by Crippen LogP contribution is -2.44. The van der Waals surface area contributed by atoms with Crippen LogP contribution >= 0.6 is 11.6 Å². The van der Waals surface area contributed by atoms with Crippen molar-refractivity contribution in [2.75, 3.05) is 7.11 Å². The first-order valence-electron chi connectivity index (χ1n) is 6.05. The fourth-order valence-electron chi connectivity index (χ4n) is 2.75. The number of ether oxygens (including phenoxy) is 1. The summed E-state index contributed by atoms with van der Waals surface area (Å²) in [6.45, 7) is 6.12. The van der Waals surface area contributed by atoms with Crippen molar-refractivity contribution in [3.8, 4) is 5.75 Å². The lowest BCUT2D eigenvalue weighted by atomic mass is 9.70. The monoisotopic (exact) mass is 253 g/mol. The molecule has 0 aliphatic heterocycles. The Morgan fingerprint density at radius 2 is 1.71 bits per heavy atom. The number of methoxy groups -OCH3 is 1.